The van der Waals surface area contributed by atoms with Crippen molar-refractivity contribution in [3.63, 3.8) is 0 Å². The lowest BCUT2D eigenvalue weighted by Gasteiger charge is -2.34. The summed E-state index contributed by atoms with van der Waals surface area (Å²) in [5.74, 6) is -0.191. The number of anilines is 1. The number of aryl methyl sites for hydroxylation is 2. The van der Waals surface area contributed by atoms with Gasteiger partial charge >= 0.3 is 0 Å². The van der Waals surface area contributed by atoms with E-state index < -0.39 is 0 Å². The van der Waals surface area contributed by atoms with Crippen molar-refractivity contribution in [2.45, 2.75) is 40.3 Å². The van der Waals surface area contributed by atoms with Crippen LogP contribution in [-0.4, -0.2) is 60.6 Å². The minimum absolute atomic E-state index is 0.0784. The van der Waals surface area contributed by atoms with Crippen molar-refractivity contribution in [3.8, 4) is 11.1 Å². The third-order valence-electron chi connectivity index (χ3n) is 8.08. The maximum absolute atomic E-state index is 13.8. The Kier molecular flexibility index (Phi) is 7.83. The second kappa shape index (κ2) is 11.3. The molecule has 1 aliphatic rings. The molecular formula is C32H39N5O3. The van der Waals surface area contributed by atoms with Gasteiger partial charge in [-0.1, -0.05) is 12.1 Å². The summed E-state index contributed by atoms with van der Waals surface area (Å²) in [5, 5.41) is 3.03. The molecule has 5 rings (SSSR count). The standard InChI is InChI=1S/C32H39N5O3/c1-20-16-21(2)34-32(39)28(20)19-33-31(38)27-18-29-26(24-8-7-9-25(17-24)35(5)6)10-11-37(29)30(22(27)3)23(4)36-12-14-40-15-13-36/h7-11,16-18,23H,12-15,19H2,1-6H3,(H,33,38)(H,34,39). The number of hydrogen-bond acceptors (Lipinski definition) is 5. The summed E-state index contributed by atoms with van der Waals surface area (Å²) in [7, 11) is 4.07. The Morgan fingerprint density at radius 3 is 2.55 bits per heavy atom. The van der Waals surface area contributed by atoms with E-state index in [4.69, 9.17) is 4.74 Å². The van der Waals surface area contributed by atoms with E-state index in [-0.39, 0.29) is 24.1 Å². The molecule has 210 valence electrons. The summed E-state index contributed by atoms with van der Waals surface area (Å²) in [5.41, 5.74) is 8.97. The van der Waals surface area contributed by atoms with Crippen LogP contribution in [0.5, 0.6) is 0 Å². The predicted molar refractivity (Wildman–Crippen MR) is 160 cm³/mol. The molecule has 40 heavy (non-hydrogen) atoms. The zero-order valence-electron chi connectivity index (χ0n) is 24.3. The first-order chi connectivity index (χ1) is 19.2. The van der Waals surface area contributed by atoms with Crippen molar-refractivity contribution in [1.29, 1.82) is 0 Å². The third kappa shape index (κ3) is 5.29. The van der Waals surface area contributed by atoms with E-state index in [1.54, 1.807) is 0 Å². The van der Waals surface area contributed by atoms with E-state index in [0.29, 0.717) is 24.3 Å². The van der Waals surface area contributed by atoms with Crippen LogP contribution in [0.2, 0.25) is 0 Å². The number of hydrogen-bond donors (Lipinski definition) is 2. The van der Waals surface area contributed by atoms with Crippen LogP contribution in [-0.2, 0) is 11.3 Å². The fourth-order valence-electron chi connectivity index (χ4n) is 5.81. The van der Waals surface area contributed by atoms with Gasteiger partial charge in [-0.25, -0.2) is 0 Å². The van der Waals surface area contributed by atoms with Crippen LogP contribution in [0.3, 0.4) is 0 Å². The Balaban J connectivity index is 1.60. The number of aromatic amines is 1. The number of amides is 1. The molecule has 8 nitrogen and oxygen atoms in total. The van der Waals surface area contributed by atoms with E-state index in [1.165, 1.54) is 0 Å². The molecule has 1 atom stereocenters. The number of carbonyl (C=O) groups is 1. The van der Waals surface area contributed by atoms with E-state index in [9.17, 15) is 9.59 Å². The molecule has 1 saturated heterocycles. The zero-order valence-corrected chi connectivity index (χ0v) is 24.3. The summed E-state index contributed by atoms with van der Waals surface area (Å²) >= 11 is 0. The Labute approximate surface area is 235 Å². The van der Waals surface area contributed by atoms with Gasteiger partial charge in [-0.3, -0.25) is 14.5 Å². The van der Waals surface area contributed by atoms with Crippen molar-refractivity contribution in [1.82, 2.24) is 19.6 Å². The van der Waals surface area contributed by atoms with Crippen molar-refractivity contribution in [3.05, 3.63) is 92.7 Å². The average molecular weight is 542 g/mol. The summed E-state index contributed by atoms with van der Waals surface area (Å²) in [6, 6.07) is 14.6. The maximum Gasteiger partial charge on any atom is 0.253 e. The normalized spacial score (nSPS) is 14.8. The maximum atomic E-state index is 13.8. The molecule has 1 aliphatic heterocycles. The topological polar surface area (TPSA) is 82.1 Å². The van der Waals surface area contributed by atoms with E-state index in [2.05, 4.69) is 68.0 Å². The number of nitrogens with one attached hydrogen (secondary N) is 2. The van der Waals surface area contributed by atoms with Gasteiger partial charge in [0.25, 0.3) is 11.5 Å². The number of nitrogens with zero attached hydrogens (tertiary/aromatic N) is 3. The van der Waals surface area contributed by atoms with Gasteiger partial charge < -0.3 is 24.3 Å². The quantitative estimate of drug-likeness (QED) is 0.357. The van der Waals surface area contributed by atoms with Crippen LogP contribution >= 0.6 is 0 Å². The monoisotopic (exact) mass is 541 g/mol. The smallest absolute Gasteiger partial charge is 0.253 e. The Morgan fingerprint density at radius 1 is 1.10 bits per heavy atom. The van der Waals surface area contributed by atoms with Crippen molar-refractivity contribution < 1.29 is 9.53 Å². The molecule has 0 radical (unpaired) electrons. The Hall–Kier alpha value is -3.88. The number of pyridine rings is 2. The third-order valence-corrected chi connectivity index (χ3v) is 8.08. The molecule has 0 spiro atoms. The first kappa shape index (κ1) is 27.7. The second-order valence-electron chi connectivity index (χ2n) is 10.9. The van der Waals surface area contributed by atoms with Gasteiger partial charge in [0.05, 0.1) is 18.7 Å². The fraction of sp³-hybridized carbons (Fsp3) is 0.375. The number of benzene rings is 1. The van der Waals surface area contributed by atoms with Gasteiger partial charge in [-0.2, -0.15) is 0 Å². The highest BCUT2D eigenvalue weighted by molar-refractivity contribution is 5.98. The Bertz CT molecular complexity index is 1610. The molecule has 4 aromatic rings. The highest BCUT2D eigenvalue weighted by atomic mass is 16.5. The highest BCUT2D eigenvalue weighted by Gasteiger charge is 2.26. The first-order valence-corrected chi connectivity index (χ1v) is 13.9. The van der Waals surface area contributed by atoms with Crippen molar-refractivity contribution in [2.75, 3.05) is 45.3 Å². The number of morpholine rings is 1. The molecular weight excluding hydrogens is 502 g/mol. The lowest BCUT2D eigenvalue weighted by Crippen LogP contribution is -2.39. The Morgan fingerprint density at radius 2 is 1.85 bits per heavy atom. The van der Waals surface area contributed by atoms with E-state index >= 15 is 0 Å². The SMILES string of the molecule is Cc1cc(C)c(CNC(=O)c2cc3c(-c4cccc(N(C)C)c4)ccn3c(C(C)N3CCOCC3)c2C)c(=O)[nH]1. The van der Waals surface area contributed by atoms with Gasteiger partial charge in [-0.05, 0) is 74.7 Å². The largest absolute Gasteiger partial charge is 0.379 e. The molecule has 0 bridgehead atoms. The number of aromatic nitrogens is 2. The zero-order chi connectivity index (χ0) is 28.6. The van der Waals surface area contributed by atoms with Crippen molar-refractivity contribution in [2.24, 2.45) is 0 Å². The second-order valence-corrected chi connectivity index (χ2v) is 10.9. The number of rotatable bonds is 7. The first-order valence-electron chi connectivity index (χ1n) is 13.9. The molecule has 1 unspecified atom stereocenters. The van der Waals surface area contributed by atoms with Gasteiger partial charge in [0.2, 0.25) is 0 Å². The summed E-state index contributed by atoms with van der Waals surface area (Å²) < 4.78 is 7.85. The minimum Gasteiger partial charge on any atom is -0.379 e. The summed E-state index contributed by atoms with van der Waals surface area (Å²) in [6.45, 7) is 11.2. The van der Waals surface area contributed by atoms with E-state index in [0.717, 1.165) is 57.9 Å². The predicted octanol–water partition coefficient (Wildman–Crippen LogP) is 4.61. The highest BCUT2D eigenvalue weighted by Crippen LogP contribution is 2.34. The van der Waals surface area contributed by atoms with Crippen LogP contribution in [0, 0.1) is 20.8 Å². The molecule has 4 heterocycles. The van der Waals surface area contributed by atoms with Crippen LogP contribution in [0.15, 0.2) is 53.5 Å². The van der Waals surface area contributed by atoms with Crippen LogP contribution < -0.4 is 15.8 Å². The van der Waals surface area contributed by atoms with Crippen LogP contribution in [0.25, 0.3) is 16.6 Å². The van der Waals surface area contributed by atoms with Crippen LogP contribution in [0.4, 0.5) is 5.69 Å². The molecule has 8 heteroatoms. The average Bonchev–Trinajstić information content (AvgIpc) is 3.35. The molecule has 1 fully saturated rings. The number of fused-ring (bicyclic) bond motifs is 1. The van der Waals surface area contributed by atoms with Gasteiger partial charge in [0.1, 0.15) is 0 Å². The molecule has 0 saturated carbocycles. The fourth-order valence-corrected chi connectivity index (χ4v) is 5.81. The van der Waals surface area contributed by atoms with Crippen LogP contribution in [0.1, 0.15) is 51.4 Å². The molecule has 3 aromatic heterocycles. The van der Waals surface area contributed by atoms with Gasteiger partial charge in [-0.15, -0.1) is 0 Å². The minimum atomic E-state index is -0.191. The molecule has 1 aromatic carbocycles. The number of H-pyrrole nitrogens is 1. The number of carbonyl (C=O) groups excluding carboxylic acids is 1. The van der Waals surface area contributed by atoms with Gasteiger partial charge in [0, 0.05) is 79.7 Å². The summed E-state index contributed by atoms with van der Waals surface area (Å²) in [4.78, 5) is 33.7. The number of ether oxygens (including phenoxy) is 1. The summed E-state index contributed by atoms with van der Waals surface area (Å²) in [6.07, 6.45) is 2.11. The lowest BCUT2D eigenvalue weighted by molar-refractivity contribution is 0.0187. The molecule has 2 N–H and O–H groups in total. The molecule has 0 aliphatic carbocycles. The van der Waals surface area contributed by atoms with Crippen molar-refractivity contribution >= 4 is 17.1 Å². The van der Waals surface area contributed by atoms with E-state index in [1.807, 2.05) is 47.0 Å². The van der Waals surface area contributed by atoms with Gasteiger partial charge in [0.15, 0.2) is 0 Å². The lowest BCUT2D eigenvalue weighted by atomic mass is 9.98. The molecule has 1 amide bonds.